The number of hydrogen-bond donors (Lipinski definition) is 6. The van der Waals surface area contributed by atoms with Gasteiger partial charge in [-0.2, -0.15) is 4.99 Å². The van der Waals surface area contributed by atoms with Gasteiger partial charge in [0.25, 0.3) is 0 Å². The average Bonchev–Trinajstić information content (AvgIpc) is 3.30. The molecule has 1 aliphatic rings. The molecule has 0 bridgehead atoms. The summed E-state index contributed by atoms with van der Waals surface area (Å²) in [6.07, 6.45) is 12.4. The molecule has 0 spiro atoms. The van der Waals surface area contributed by atoms with Crippen LogP contribution in [0.3, 0.4) is 0 Å². The molecule has 0 aromatic heterocycles. The molecule has 0 atom stereocenters. The van der Waals surface area contributed by atoms with E-state index in [0.29, 0.717) is 28.6 Å². The standard InChI is InChI=1S/C8H19N3.C8H14N2.C8H19N.C7H14O2.C6H12O2/c1-8(2,3)5-4-6-11-7(9)10;1-8(2,3)4-7-5-9-6-10-7;1-8(2,3)6-4-5-7-9;1-7(2,3)5-4-6(8)9;1-6(2,3)4-5(7)8/h4-6H2,1-3H3,(H4,9,10,11);5-6H,4H2,1-3H3,(H,9,10);4-7,9H2,1-3H3;4-5H2,1-3H3,(H,8,9);4H2,1-3H3,(H,7,8)/p+2. The third kappa shape index (κ3) is 63.0. The fourth-order valence-electron chi connectivity index (χ4n) is 3.67. The number of nitrogens with two attached hydrogens (primary N) is 3. The van der Waals surface area contributed by atoms with Crippen LogP contribution >= 0.6 is 0 Å². The number of nitrogens with one attached hydrogen (secondary N) is 2. The lowest BCUT2D eigenvalue weighted by Crippen LogP contribution is -2.84. The number of unbranched alkanes of at least 4 members (excludes halogenated alkanes) is 1. The summed E-state index contributed by atoms with van der Waals surface area (Å²) >= 11 is 0. The monoisotopic (exact) mass is 673 g/mol. The second kappa shape index (κ2) is 25.5. The third-order valence-corrected chi connectivity index (χ3v) is 6.01. The second-order valence-electron chi connectivity index (χ2n) is 18.4. The summed E-state index contributed by atoms with van der Waals surface area (Å²) in [5, 5.41) is 22.0. The molecule has 0 aliphatic carbocycles. The van der Waals surface area contributed by atoms with Gasteiger partial charge in [-0.15, -0.1) is 0 Å². The van der Waals surface area contributed by atoms with Crippen LogP contribution in [0.5, 0.6) is 0 Å². The molecule has 10 heteroatoms. The minimum absolute atomic E-state index is 0.111. The Bertz CT molecular complexity index is 904. The molecule has 0 saturated carbocycles. The highest BCUT2D eigenvalue weighted by atomic mass is 16.4. The SMILES string of the molecule is CC(C)(C)CC(=O)[O-].CC(C)(C)CC1=C[NH+]=C[NH2+]1.CC(C)(C)CCC(=O)[O-].CC(C)(C)CCCC[NH3+].CC(C)(C)CCC[NH+]=C(N)N. The molecule has 0 fully saturated rings. The van der Waals surface area contributed by atoms with E-state index in [4.69, 9.17) is 11.5 Å². The highest BCUT2D eigenvalue weighted by Gasteiger charge is 2.19. The predicted octanol–water partition coefficient (Wildman–Crippen LogP) is 0.296. The van der Waals surface area contributed by atoms with E-state index in [-0.39, 0.29) is 23.7 Å². The Kier molecular flexibility index (Phi) is 27.9. The highest BCUT2D eigenvalue weighted by Crippen LogP contribution is 2.22. The van der Waals surface area contributed by atoms with E-state index in [2.05, 4.69) is 89.5 Å². The molecule has 0 radical (unpaired) electrons. The Hall–Kier alpha value is -2.46. The van der Waals surface area contributed by atoms with Gasteiger partial charge >= 0.3 is 12.3 Å². The van der Waals surface area contributed by atoms with E-state index >= 15 is 0 Å². The quantitative estimate of drug-likeness (QED) is 0.109. The molecule has 1 heterocycles. The molecule has 280 valence electrons. The van der Waals surface area contributed by atoms with Gasteiger partial charge in [0.05, 0.1) is 13.1 Å². The van der Waals surface area contributed by atoms with Gasteiger partial charge in [0.15, 0.2) is 5.70 Å². The minimum Gasteiger partial charge on any atom is -0.550 e. The summed E-state index contributed by atoms with van der Waals surface area (Å²) in [7, 11) is 0. The lowest BCUT2D eigenvalue weighted by Gasteiger charge is -2.17. The summed E-state index contributed by atoms with van der Waals surface area (Å²) in [6.45, 7) is 33.9. The van der Waals surface area contributed by atoms with E-state index in [1.54, 1.807) is 0 Å². The van der Waals surface area contributed by atoms with Crippen LogP contribution in [0.25, 0.3) is 0 Å². The van der Waals surface area contributed by atoms with Gasteiger partial charge in [-0.05, 0) is 78.4 Å². The Morgan fingerprint density at radius 1 is 0.723 bits per heavy atom. The van der Waals surface area contributed by atoms with Crippen molar-refractivity contribution in [2.24, 2.45) is 38.5 Å². The number of allylic oxidation sites excluding steroid dienone is 1. The van der Waals surface area contributed by atoms with Gasteiger partial charge in [0.2, 0.25) is 6.20 Å². The van der Waals surface area contributed by atoms with Crippen LogP contribution < -0.4 is 42.7 Å². The van der Waals surface area contributed by atoms with Crippen LogP contribution in [0.15, 0.2) is 11.9 Å². The number of hydrogen-bond acceptors (Lipinski definition) is 4. The summed E-state index contributed by atoms with van der Waals surface area (Å²) in [5.41, 5.74) is 17.0. The summed E-state index contributed by atoms with van der Waals surface area (Å²) in [4.78, 5) is 25.8. The number of carbonyl (C=O) groups is 2. The Morgan fingerprint density at radius 3 is 1.45 bits per heavy atom. The lowest BCUT2D eigenvalue weighted by atomic mass is 9.90. The molecule has 10 nitrogen and oxygen atoms in total. The van der Waals surface area contributed by atoms with Crippen molar-refractivity contribution in [3.05, 3.63) is 11.9 Å². The number of carboxylic acids is 2. The fourth-order valence-corrected chi connectivity index (χ4v) is 3.67. The molecule has 0 amide bonds. The first kappa shape index (κ1) is 51.4. The van der Waals surface area contributed by atoms with Gasteiger partial charge in [-0.25, -0.2) is 5.32 Å². The fraction of sp³-hybridized carbons (Fsp3) is 0.838. The maximum absolute atomic E-state index is 9.93. The Labute approximate surface area is 289 Å². The zero-order valence-corrected chi connectivity index (χ0v) is 33.5. The van der Waals surface area contributed by atoms with Crippen LogP contribution in [0.2, 0.25) is 0 Å². The first-order chi connectivity index (χ1) is 20.9. The topological polar surface area (TPSA) is 204 Å². The van der Waals surface area contributed by atoms with Crippen molar-refractivity contribution in [3.63, 3.8) is 0 Å². The van der Waals surface area contributed by atoms with Gasteiger partial charge in [-0.1, -0.05) is 104 Å². The lowest BCUT2D eigenvalue weighted by molar-refractivity contribution is -0.505. The number of aliphatic carboxylic acids is 2. The van der Waals surface area contributed by atoms with Crippen LogP contribution in [0.1, 0.15) is 162 Å². The van der Waals surface area contributed by atoms with Crippen molar-refractivity contribution in [1.29, 1.82) is 0 Å². The molecule has 1 aliphatic heterocycles. The summed E-state index contributed by atoms with van der Waals surface area (Å²) < 4.78 is 0. The van der Waals surface area contributed by atoms with Crippen molar-refractivity contribution in [1.82, 2.24) is 0 Å². The van der Waals surface area contributed by atoms with Gasteiger partial charge in [0.1, 0.15) is 0 Å². The average molecular weight is 673 g/mol. The molecule has 1 rings (SSSR count). The van der Waals surface area contributed by atoms with Crippen LogP contribution in [-0.2, 0) is 9.59 Å². The van der Waals surface area contributed by atoms with Crippen molar-refractivity contribution in [2.75, 3.05) is 13.1 Å². The Balaban J connectivity index is -0.000000247. The number of quaternary nitrogens is 2. The molecule has 47 heavy (non-hydrogen) atoms. The molecule has 0 unspecified atom stereocenters. The van der Waals surface area contributed by atoms with Crippen LogP contribution in [0, 0.1) is 27.1 Å². The maximum atomic E-state index is 9.93. The molecular weight excluding hydrogens is 592 g/mol. The minimum atomic E-state index is -0.975. The Morgan fingerprint density at radius 2 is 1.19 bits per heavy atom. The smallest absolute Gasteiger partial charge is 0.338 e. The summed E-state index contributed by atoms with van der Waals surface area (Å²) in [6, 6.07) is 0. The maximum Gasteiger partial charge on any atom is 0.338 e. The molecule has 0 saturated heterocycles. The van der Waals surface area contributed by atoms with Crippen LogP contribution in [-0.4, -0.2) is 37.3 Å². The third-order valence-electron chi connectivity index (χ3n) is 6.01. The van der Waals surface area contributed by atoms with Gasteiger partial charge in [-0.3, -0.25) is 16.5 Å². The normalized spacial score (nSPS) is 12.8. The van der Waals surface area contributed by atoms with Gasteiger partial charge < -0.3 is 25.5 Å². The zero-order chi connectivity index (χ0) is 38.1. The number of carbonyl (C=O) groups excluding carboxylic acids is 2. The molecular formula is C37H80N6O4+2. The van der Waals surface area contributed by atoms with Crippen molar-refractivity contribution >= 4 is 24.2 Å². The van der Waals surface area contributed by atoms with E-state index < -0.39 is 11.9 Å². The first-order valence-corrected chi connectivity index (χ1v) is 17.3. The van der Waals surface area contributed by atoms with Crippen molar-refractivity contribution < 1.29 is 40.8 Å². The number of rotatable bonds is 10. The van der Waals surface area contributed by atoms with E-state index in [1.807, 2.05) is 47.9 Å². The van der Waals surface area contributed by atoms with Crippen molar-refractivity contribution in [2.45, 2.75) is 162 Å². The van der Waals surface area contributed by atoms with Gasteiger partial charge in [0, 0.05) is 18.4 Å². The van der Waals surface area contributed by atoms with E-state index in [9.17, 15) is 19.8 Å². The molecule has 0 aromatic carbocycles. The number of carboxylic acid groups (broad SMARTS) is 2. The zero-order valence-electron chi connectivity index (χ0n) is 33.5. The largest absolute Gasteiger partial charge is 0.550 e. The van der Waals surface area contributed by atoms with E-state index in [1.165, 1.54) is 31.4 Å². The highest BCUT2D eigenvalue weighted by molar-refractivity contribution is 5.69. The first-order valence-electron chi connectivity index (χ1n) is 17.3. The van der Waals surface area contributed by atoms with E-state index in [0.717, 1.165) is 25.9 Å². The number of guanidine groups is 1. The molecule has 0 aromatic rings. The summed E-state index contributed by atoms with van der Waals surface area (Å²) in [5.74, 6) is -1.61. The van der Waals surface area contributed by atoms with Crippen LogP contribution in [0.4, 0.5) is 0 Å². The predicted molar refractivity (Wildman–Crippen MR) is 193 cm³/mol. The molecule has 11 N–H and O–H groups in total. The second-order valence-corrected chi connectivity index (χ2v) is 18.4. The van der Waals surface area contributed by atoms with Crippen molar-refractivity contribution in [3.8, 4) is 0 Å².